The Morgan fingerprint density at radius 3 is 2.82 bits per heavy atom. The maximum atomic E-state index is 11.6. The first-order valence-electron chi connectivity index (χ1n) is 6.45. The molecule has 0 N–H and O–H groups in total. The monoisotopic (exact) mass is 238 g/mol. The van der Waals surface area contributed by atoms with Gasteiger partial charge in [0.2, 0.25) is 0 Å². The van der Waals surface area contributed by atoms with Gasteiger partial charge in [0.25, 0.3) is 0 Å². The van der Waals surface area contributed by atoms with Crippen LogP contribution in [-0.2, 0) is 19.1 Å². The van der Waals surface area contributed by atoms with Gasteiger partial charge in [0.1, 0.15) is 6.10 Å². The van der Waals surface area contributed by atoms with Crippen LogP contribution in [0.5, 0.6) is 0 Å². The van der Waals surface area contributed by atoms with Crippen molar-refractivity contribution in [2.45, 2.75) is 32.8 Å². The van der Waals surface area contributed by atoms with Crippen LogP contribution >= 0.6 is 0 Å². The minimum atomic E-state index is -0.121. The Hall–Kier alpha value is -1.06. The Labute approximate surface area is 101 Å². The number of hydrogen-bond acceptors (Lipinski definition) is 4. The number of esters is 2. The van der Waals surface area contributed by atoms with Gasteiger partial charge in [-0.25, -0.2) is 0 Å². The molecule has 2 bridgehead atoms. The number of carbonyl (C=O) groups excluding carboxylic acids is 2. The van der Waals surface area contributed by atoms with Crippen molar-refractivity contribution in [1.82, 2.24) is 0 Å². The van der Waals surface area contributed by atoms with Crippen molar-refractivity contribution in [2.75, 3.05) is 6.61 Å². The van der Waals surface area contributed by atoms with Gasteiger partial charge < -0.3 is 9.47 Å². The van der Waals surface area contributed by atoms with Gasteiger partial charge in [-0.3, -0.25) is 9.59 Å². The highest BCUT2D eigenvalue weighted by Gasteiger charge is 2.60. The van der Waals surface area contributed by atoms with Crippen LogP contribution in [-0.4, -0.2) is 24.6 Å². The number of hydrogen-bond donors (Lipinski definition) is 0. The molecule has 1 heterocycles. The topological polar surface area (TPSA) is 52.6 Å². The maximum absolute atomic E-state index is 11.6. The summed E-state index contributed by atoms with van der Waals surface area (Å²) in [4.78, 5) is 23.2. The first-order chi connectivity index (χ1) is 8.08. The van der Waals surface area contributed by atoms with Crippen LogP contribution in [0.2, 0.25) is 0 Å². The summed E-state index contributed by atoms with van der Waals surface area (Å²) in [6.07, 6.45) is 1.89. The average Bonchev–Trinajstić information content (AvgIpc) is 2.90. The van der Waals surface area contributed by atoms with E-state index in [9.17, 15) is 9.59 Å². The van der Waals surface area contributed by atoms with Crippen LogP contribution in [0.15, 0.2) is 0 Å². The van der Waals surface area contributed by atoms with Crippen LogP contribution < -0.4 is 0 Å². The van der Waals surface area contributed by atoms with E-state index in [1.54, 1.807) is 0 Å². The number of cyclic esters (lactones) is 1. The first kappa shape index (κ1) is 11.1. The van der Waals surface area contributed by atoms with Crippen LogP contribution in [0.4, 0.5) is 0 Å². The largest absolute Gasteiger partial charge is 0.465 e. The van der Waals surface area contributed by atoms with Crippen molar-refractivity contribution in [1.29, 1.82) is 0 Å². The van der Waals surface area contributed by atoms with E-state index in [1.807, 2.05) is 13.8 Å². The predicted molar refractivity (Wildman–Crippen MR) is 58.9 cm³/mol. The highest BCUT2D eigenvalue weighted by atomic mass is 16.6. The lowest BCUT2D eigenvalue weighted by Crippen LogP contribution is -2.35. The first-order valence-corrected chi connectivity index (χ1v) is 6.45. The van der Waals surface area contributed by atoms with Gasteiger partial charge in [0.15, 0.2) is 0 Å². The zero-order valence-corrected chi connectivity index (χ0v) is 10.2. The van der Waals surface area contributed by atoms with Crippen molar-refractivity contribution >= 4 is 11.9 Å². The van der Waals surface area contributed by atoms with Gasteiger partial charge >= 0.3 is 11.9 Å². The lowest BCUT2D eigenvalue weighted by Gasteiger charge is -2.28. The summed E-state index contributed by atoms with van der Waals surface area (Å²) in [6.45, 7) is 4.22. The predicted octanol–water partition coefficient (Wildman–Crippen LogP) is 1.38. The third kappa shape index (κ3) is 1.57. The molecular formula is C13H18O4. The molecule has 0 radical (unpaired) electrons. The zero-order chi connectivity index (χ0) is 12.2. The summed E-state index contributed by atoms with van der Waals surface area (Å²) >= 11 is 0. The lowest BCUT2D eigenvalue weighted by molar-refractivity contribution is -0.156. The Bertz CT molecular complexity index is 362. The lowest BCUT2D eigenvalue weighted by atomic mass is 9.80. The second-order valence-electron chi connectivity index (χ2n) is 5.85. The molecule has 3 fully saturated rings. The van der Waals surface area contributed by atoms with Crippen LogP contribution in [0.25, 0.3) is 0 Å². The number of carbonyl (C=O) groups is 2. The Morgan fingerprint density at radius 2 is 2.12 bits per heavy atom. The fourth-order valence-corrected chi connectivity index (χ4v) is 3.72. The van der Waals surface area contributed by atoms with Gasteiger partial charge in [0.05, 0.1) is 18.4 Å². The normalized spacial score (nSPS) is 42.8. The molecule has 2 aliphatic carbocycles. The van der Waals surface area contributed by atoms with E-state index in [1.165, 1.54) is 0 Å². The molecule has 4 heteroatoms. The molecule has 1 saturated heterocycles. The summed E-state index contributed by atoms with van der Waals surface area (Å²) in [7, 11) is 0. The van der Waals surface area contributed by atoms with Crippen molar-refractivity contribution in [3.05, 3.63) is 0 Å². The van der Waals surface area contributed by atoms with Gasteiger partial charge in [-0.05, 0) is 18.8 Å². The molecule has 0 spiro atoms. The molecule has 4 nitrogen and oxygen atoms in total. The maximum Gasteiger partial charge on any atom is 0.309 e. The van der Waals surface area contributed by atoms with Crippen LogP contribution in [0.3, 0.4) is 0 Å². The van der Waals surface area contributed by atoms with Gasteiger partial charge in [-0.15, -0.1) is 0 Å². The minimum absolute atomic E-state index is 0.0191. The van der Waals surface area contributed by atoms with Crippen LogP contribution in [0.1, 0.15) is 26.7 Å². The van der Waals surface area contributed by atoms with E-state index in [2.05, 4.69) is 0 Å². The van der Waals surface area contributed by atoms with E-state index in [-0.39, 0.29) is 29.9 Å². The second-order valence-corrected chi connectivity index (χ2v) is 5.85. The molecule has 17 heavy (non-hydrogen) atoms. The van der Waals surface area contributed by atoms with Crippen molar-refractivity contribution < 1.29 is 19.1 Å². The Balaban J connectivity index is 1.69. The molecule has 3 rings (SSSR count). The molecule has 5 atom stereocenters. The third-order valence-electron chi connectivity index (χ3n) is 4.54. The summed E-state index contributed by atoms with van der Waals surface area (Å²) in [5.74, 6) is 0.885. The molecular weight excluding hydrogens is 220 g/mol. The van der Waals surface area contributed by atoms with E-state index >= 15 is 0 Å². The smallest absolute Gasteiger partial charge is 0.309 e. The minimum Gasteiger partial charge on any atom is -0.465 e. The average molecular weight is 238 g/mol. The Morgan fingerprint density at radius 1 is 1.35 bits per heavy atom. The van der Waals surface area contributed by atoms with Crippen molar-refractivity contribution in [3.8, 4) is 0 Å². The van der Waals surface area contributed by atoms with E-state index in [0.717, 1.165) is 12.8 Å². The summed E-state index contributed by atoms with van der Waals surface area (Å²) in [5, 5.41) is 0. The molecule has 0 aromatic carbocycles. The van der Waals surface area contributed by atoms with Crippen molar-refractivity contribution in [3.63, 3.8) is 0 Å². The quantitative estimate of drug-likeness (QED) is 0.682. The number of fused-ring (bicyclic) bond motifs is 5. The zero-order valence-electron chi connectivity index (χ0n) is 10.2. The van der Waals surface area contributed by atoms with Crippen LogP contribution in [0, 0.1) is 29.6 Å². The van der Waals surface area contributed by atoms with Crippen molar-refractivity contribution in [2.24, 2.45) is 29.6 Å². The molecule has 5 unspecified atom stereocenters. The fourth-order valence-electron chi connectivity index (χ4n) is 3.72. The molecule has 3 aliphatic rings. The van der Waals surface area contributed by atoms with E-state index < -0.39 is 0 Å². The molecule has 1 aliphatic heterocycles. The molecule has 2 saturated carbocycles. The van der Waals surface area contributed by atoms with Gasteiger partial charge in [0, 0.05) is 11.8 Å². The molecule has 0 aromatic rings. The molecule has 0 aromatic heterocycles. The number of ether oxygens (including phenoxy) is 2. The van der Waals surface area contributed by atoms with Gasteiger partial charge in [-0.1, -0.05) is 13.8 Å². The van der Waals surface area contributed by atoms with Gasteiger partial charge in [-0.2, -0.15) is 0 Å². The fraction of sp³-hybridized carbons (Fsp3) is 0.846. The molecule has 94 valence electrons. The summed E-state index contributed by atoms with van der Waals surface area (Å²) in [5.41, 5.74) is 0. The molecule has 0 amide bonds. The highest BCUT2D eigenvalue weighted by Crippen LogP contribution is 2.56. The van der Waals surface area contributed by atoms with E-state index in [0.29, 0.717) is 24.4 Å². The Kier molecular flexibility index (Phi) is 2.42. The summed E-state index contributed by atoms with van der Waals surface area (Å²) in [6, 6.07) is 0. The highest BCUT2D eigenvalue weighted by molar-refractivity contribution is 5.76. The number of rotatable bonds is 2. The van der Waals surface area contributed by atoms with E-state index in [4.69, 9.17) is 9.47 Å². The SMILES string of the molecule is CC(C)C(=O)OC1CC2CC1C1COC(=O)C21. The second kappa shape index (κ2) is 3.72. The standard InChI is InChI=1S/C13H18O4/c1-6(2)12(14)17-10-4-7-3-8(10)9-5-16-13(15)11(7)9/h6-11H,3-5H2,1-2H3. The third-order valence-corrected chi connectivity index (χ3v) is 4.54. The summed E-state index contributed by atoms with van der Waals surface area (Å²) < 4.78 is 10.7.